The second-order valence-corrected chi connectivity index (χ2v) is 4.40. The van der Waals surface area contributed by atoms with Crippen LogP contribution in [0.15, 0.2) is 24.3 Å². The Morgan fingerprint density at radius 1 is 1.40 bits per heavy atom. The first kappa shape index (κ1) is 15.8. The predicted molar refractivity (Wildman–Crippen MR) is 74.8 cm³/mol. The molecule has 6 heteroatoms. The zero-order valence-corrected chi connectivity index (χ0v) is 11.7. The molecule has 0 aromatic heterocycles. The number of aliphatic carboxylic acids is 1. The molecule has 0 bridgehead atoms. The van der Waals surface area contributed by atoms with Crippen molar-refractivity contribution >= 4 is 12.0 Å². The van der Waals surface area contributed by atoms with Crippen molar-refractivity contribution in [1.29, 1.82) is 0 Å². The van der Waals surface area contributed by atoms with E-state index in [0.29, 0.717) is 13.0 Å². The number of hydrogen-bond donors (Lipinski definition) is 3. The summed E-state index contributed by atoms with van der Waals surface area (Å²) in [5.41, 5.74) is 0.935. The molecule has 0 heterocycles. The summed E-state index contributed by atoms with van der Waals surface area (Å²) in [5.74, 6) is -0.130. The Kier molecular flexibility index (Phi) is 6.36. The molecule has 1 rings (SSSR count). The minimum Gasteiger partial charge on any atom is -0.497 e. The van der Waals surface area contributed by atoms with Gasteiger partial charge in [-0.25, -0.2) is 4.79 Å². The van der Waals surface area contributed by atoms with Crippen molar-refractivity contribution in [2.75, 3.05) is 13.7 Å². The highest BCUT2D eigenvalue weighted by Gasteiger charge is 2.09. The highest BCUT2D eigenvalue weighted by atomic mass is 16.5. The van der Waals surface area contributed by atoms with Crippen molar-refractivity contribution in [3.8, 4) is 5.75 Å². The lowest BCUT2D eigenvalue weighted by atomic mass is 10.1. The van der Waals surface area contributed by atoms with Crippen molar-refractivity contribution < 1.29 is 19.4 Å². The van der Waals surface area contributed by atoms with Gasteiger partial charge in [-0.1, -0.05) is 12.1 Å². The third kappa shape index (κ3) is 5.60. The number of carbonyl (C=O) groups excluding carboxylic acids is 1. The Bertz CT molecular complexity index is 462. The van der Waals surface area contributed by atoms with E-state index in [0.717, 1.165) is 11.3 Å². The van der Waals surface area contributed by atoms with E-state index in [-0.39, 0.29) is 18.5 Å². The first-order valence-corrected chi connectivity index (χ1v) is 6.43. The smallest absolute Gasteiger partial charge is 0.315 e. The molecule has 1 unspecified atom stereocenters. The van der Waals surface area contributed by atoms with Gasteiger partial charge in [0, 0.05) is 13.0 Å². The van der Waals surface area contributed by atoms with Crippen LogP contribution in [0.2, 0.25) is 0 Å². The van der Waals surface area contributed by atoms with Crippen LogP contribution in [0.3, 0.4) is 0 Å². The molecule has 1 aromatic carbocycles. The van der Waals surface area contributed by atoms with Crippen LogP contribution in [0, 0.1) is 0 Å². The number of carbonyl (C=O) groups is 2. The van der Waals surface area contributed by atoms with E-state index in [2.05, 4.69) is 10.6 Å². The minimum absolute atomic E-state index is 0.0473. The average molecular weight is 280 g/mol. The molecule has 0 aliphatic rings. The summed E-state index contributed by atoms with van der Waals surface area (Å²) in [6.45, 7) is 2.20. The first-order chi connectivity index (χ1) is 9.52. The van der Waals surface area contributed by atoms with Crippen LogP contribution < -0.4 is 15.4 Å². The summed E-state index contributed by atoms with van der Waals surface area (Å²) < 4.78 is 5.13. The van der Waals surface area contributed by atoms with Gasteiger partial charge in [-0.3, -0.25) is 4.79 Å². The fourth-order valence-electron chi connectivity index (χ4n) is 1.68. The Hall–Kier alpha value is -2.24. The summed E-state index contributed by atoms with van der Waals surface area (Å²) >= 11 is 0. The van der Waals surface area contributed by atoms with Crippen molar-refractivity contribution in [3.63, 3.8) is 0 Å². The summed E-state index contributed by atoms with van der Waals surface area (Å²) in [5, 5.41) is 13.9. The normalized spacial score (nSPS) is 11.5. The second kappa shape index (κ2) is 8.04. The Balaban J connectivity index is 2.38. The molecule has 0 fully saturated rings. The lowest BCUT2D eigenvalue weighted by Crippen LogP contribution is -2.37. The van der Waals surface area contributed by atoms with E-state index in [4.69, 9.17) is 9.84 Å². The third-order valence-electron chi connectivity index (χ3n) is 2.79. The maximum Gasteiger partial charge on any atom is 0.315 e. The highest BCUT2D eigenvalue weighted by Crippen LogP contribution is 2.18. The van der Waals surface area contributed by atoms with Crippen molar-refractivity contribution in [2.24, 2.45) is 0 Å². The summed E-state index contributed by atoms with van der Waals surface area (Å²) in [6, 6.07) is 6.97. The number of nitrogens with one attached hydrogen (secondary N) is 2. The van der Waals surface area contributed by atoms with Gasteiger partial charge >= 0.3 is 12.0 Å². The molecule has 0 aliphatic heterocycles. The van der Waals surface area contributed by atoms with Gasteiger partial charge in [0.05, 0.1) is 13.2 Å². The number of carboxylic acids is 1. The van der Waals surface area contributed by atoms with Crippen LogP contribution in [-0.4, -0.2) is 30.8 Å². The van der Waals surface area contributed by atoms with Crippen LogP contribution in [0.4, 0.5) is 4.79 Å². The number of carboxylic acid groups (broad SMARTS) is 1. The molecule has 0 aliphatic carbocycles. The average Bonchev–Trinajstić information content (AvgIpc) is 2.43. The summed E-state index contributed by atoms with van der Waals surface area (Å²) in [6.07, 6.45) is 0.460. The third-order valence-corrected chi connectivity index (χ3v) is 2.79. The summed E-state index contributed by atoms with van der Waals surface area (Å²) in [4.78, 5) is 22.0. The van der Waals surface area contributed by atoms with Gasteiger partial charge in [-0.15, -0.1) is 0 Å². The van der Waals surface area contributed by atoms with Crippen molar-refractivity contribution in [3.05, 3.63) is 29.8 Å². The van der Waals surface area contributed by atoms with Crippen LogP contribution in [-0.2, 0) is 4.79 Å². The quantitative estimate of drug-likeness (QED) is 0.666. The number of methoxy groups -OCH3 is 1. The SMILES string of the molecule is COc1cccc(C(C)NC(=O)NCCCC(=O)O)c1. The fourth-order valence-corrected chi connectivity index (χ4v) is 1.68. The van der Waals surface area contributed by atoms with E-state index in [1.807, 2.05) is 31.2 Å². The second-order valence-electron chi connectivity index (χ2n) is 4.40. The fraction of sp³-hybridized carbons (Fsp3) is 0.429. The monoisotopic (exact) mass is 280 g/mol. The molecule has 0 saturated heterocycles. The number of ether oxygens (including phenoxy) is 1. The standard InChI is InChI=1S/C14H20N2O4/c1-10(11-5-3-6-12(9-11)20-2)16-14(19)15-8-4-7-13(17)18/h3,5-6,9-10H,4,7-8H2,1-2H3,(H,17,18)(H2,15,16,19). The largest absolute Gasteiger partial charge is 0.497 e. The number of hydrogen-bond acceptors (Lipinski definition) is 3. The predicted octanol–water partition coefficient (Wildman–Crippen LogP) is 1.92. The lowest BCUT2D eigenvalue weighted by Gasteiger charge is -2.15. The van der Waals surface area contributed by atoms with E-state index >= 15 is 0 Å². The van der Waals surface area contributed by atoms with E-state index in [1.165, 1.54) is 0 Å². The molecule has 6 nitrogen and oxygen atoms in total. The molecular weight excluding hydrogens is 260 g/mol. The van der Waals surface area contributed by atoms with Gasteiger partial charge in [0.25, 0.3) is 0 Å². The van der Waals surface area contributed by atoms with E-state index in [1.54, 1.807) is 7.11 Å². The molecule has 110 valence electrons. The molecule has 0 saturated carbocycles. The Morgan fingerprint density at radius 2 is 2.15 bits per heavy atom. The molecule has 3 N–H and O–H groups in total. The van der Waals surface area contributed by atoms with E-state index in [9.17, 15) is 9.59 Å². The highest BCUT2D eigenvalue weighted by molar-refractivity contribution is 5.74. The molecular formula is C14H20N2O4. The first-order valence-electron chi connectivity index (χ1n) is 6.43. The van der Waals surface area contributed by atoms with E-state index < -0.39 is 5.97 Å². The molecule has 1 aromatic rings. The van der Waals surface area contributed by atoms with Gasteiger partial charge in [-0.2, -0.15) is 0 Å². The number of rotatable bonds is 7. The zero-order valence-electron chi connectivity index (χ0n) is 11.7. The molecule has 0 radical (unpaired) electrons. The van der Waals surface area contributed by atoms with Crippen molar-refractivity contribution in [1.82, 2.24) is 10.6 Å². The maximum absolute atomic E-state index is 11.6. The molecule has 0 spiro atoms. The molecule has 20 heavy (non-hydrogen) atoms. The van der Waals surface area contributed by atoms with Gasteiger partial charge in [0.15, 0.2) is 0 Å². The minimum atomic E-state index is -0.864. The van der Waals surface area contributed by atoms with Crippen LogP contribution in [0.1, 0.15) is 31.4 Å². The molecule has 1 atom stereocenters. The Morgan fingerprint density at radius 3 is 2.80 bits per heavy atom. The van der Waals surface area contributed by atoms with Gasteiger partial charge in [-0.05, 0) is 31.0 Å². The van der Waals surface area contributed by atoms with Crippen molar-refractivity contribution in [2.45, 2.75) is 25.8 Å². The maximum atomic E-state index is 11.6. The van der Waals surface area contributed by atoms with Crippen LogP contribution in [0.5, 0.6) is 5.75 Å². The number of urea groups is 1. The van der Waals surface area contributed by atoms with Gasteiger partial charge in [0.2, 0.25) is 0 Å². The Labute approximate surface area is 118 Å². The van der Waals surface area contributed by atoms with Crippen LogP contribution in [0.25, 0.3) is 0 Å². The number of amides is 2. The molecule has 2 amide bonds. The van der Waals surface area contributed by atoms with Gasteiger partial charge < -0.3 is 20.5 Å². The number of benzene rings is 1. The zero-order chi connectivity index (χ0) is 15.0. The summed E-state index contributed by atoms with van der Waals surface area (Å²) in [7, 11) is 1.59. The topological polar surface area (TPSA) is 87.7 Å². The van der Waals surface area contributed by atoms with Crippen LogP contribution >= 0.6 is 0 Å². The lowest BCUT2D eigenvalue weighted by molar-refractivity contribution is -0.137. The van der Waals surface area contributed by atoms with Gasteiger partial charge in [0.1, 0.15) is 5.75 Å².